The molecule has 5 nitrogen and oxygen atoms in total. The van der Waals surface area contributed by atoms with E-state index in [2.05, 4.69) is 4.98 Å². The molecule has 0 unspecified atom stereocenters. The lowest BCUT2D eigenvalue weighted by molar-refractivity contribution is 0.0459. The summed E-state index contributed by atoms with van der Waals surface area (Å²) in [6.45, 7) is 3.29. The quantitative estimate of drug-likeness (QED) is 0.829. The number of oxazole rings is 1. The summed E-state index contributed by atoms with van der Waals surface area (Å²) >= 11 is 0. The number of carbonyl (C=O) groups excluding carboxylic acids is 1. The van der Waals surface area contributed by atoms with Gasteiger partial charge in [-0.3, -0.25) is 4.79 Å². The van der Waals surface area contributed by atoms with Crippen molar-refractivity contribution in [3.05, 3.63) is 42.0 Å². The Labute approximate surface area is 104 Å². The number of rotatable bonds is 3. The van der Waals surface area contributed by atoms with Crippen LogP contribution in [0.5, 0.6) is 0 Å². The second-order valence-corrected chi connectivity index (χ2v) is 4.69. The van der Waals surface area contributed by atoms with Gasteiger partial charge in [-0.15, -0.1) is 0 Å². The Hall–Kier alpha value is -2.04. The number of aryl methyl sites for hydroxylation is 1. The maximum Gasteiger partial charge on any atom is 0.309 e. The zero-order chi connectivity index (χ0) is 12.5. The number of furan rings is 1. The van der Waals surface area contributed by atoms with Gasteiger partial charge in [-0.2, -0.15) is 0 Å². The van der Waals surface area contributed by atoms with Crippen molar-refractivity contribution >= 4 is 5.91 Å². The summed E-state index contributed by atoms with van der Waals surface area (Å²) in [6, 6.07) is 1.96. The molecule has 1 aliphatic rings. The fourth-order valence-corrected chi connectivity index (χ4v) is 2.20. The van der Waals surface area contributed by atoms with E-state index in [1.54, 1.807) is 30.5 Å². The van der Waals surface area contributed by atoms with Crippen LogP contribution in [0.15, 0.2) is 33.6 Å². The predicted octanol–water partition coefficient (Wildman–Crippen LogP) is 1.89. The van der Waals surface area contributed by atoms with E-state index in [4.69, 9.17) is 8.83 Å². The summed E-state index contributed by atoms with van der Waals surface area (Å²) in [4.78, 5) is 17.6. The summed E-state index contributed by atoms with van der Waals surface area (Å²) in [5, 5.41) is 0. The minimum Gasteiger partial charge on any atom is -0.472 e. The van der Waals surface area contributed by atoms with Crippen LogP contribution in [0, 0.1) is 12.8 Å². The predicted molar refractivity (Wildman–Crippen MR) is 63.0 cm³/mol. The smallest absolute Gasteiger partial charge is 0.309 e. The van der Waals surface area contributed by atoms with Crippen molar-refractivity contribution in [2.45, 2.75) is 13.3 Å². The molecule has 1 fully saturated rings. The fourth-order valence-electron chi connectivity index (χ4n) is 2.20. The molecule has 5 heteroatoms. The molecule has 3 heterocycles. The summed E-state index contributed by atoms with van der Waals surface area (Å²) in [6.07, 6.45) is 5.94. The van der Waals surface area contributed by atoms with E-state index in [-0.39, 0.29) is 11.8 Å². The van der Waals surface area contributed by atoms with Crippen molar-refractivity contribution in [1.82, 2.24) is 9.88 Å². The van der Waals surface area contributed by atoms with Gasteiger partial charge in [0.25, 0.3) is 5.89 Å². The van der Waals surface area contributed by atoms with Crippen LogP contribution < -0.4 is 0 Å². The van der Waals surface area contributed by atoms with E-state index in [1.807, 2.05) is 6.07 Å². The Morgan fingerprint density at radius 2 is 2.39 bits per heavy atom. The monoisotopic (exact) mass is 246 g/mol. The highest BCUT2D eigenvalue weighted by Gasteiger charge is 2.33. The third-order valence-electron chi connectivity index (χ3n) is 3.15. The van der Waals surface area contributed by atoms with Crippen molar-refractivity contribution in [1.29, 1.82) is 0 Å². The summed E-state index contributed by atoms with van der Waals surface area (Å²) in [7, 11) is 0. The average Bonchev–Trinajstić information content (AvgIpc) is 2.93. The normalized spacial score (nSPS) is 15.7. The maximum atomic E-state index is 11.9. The largest absolute Gasteiger partial charge is 0.472 e. The van der Waals surface area contributed by atoms with Crippen molar-refractivity contribution in [3.63, 3.8) is 0 Å². The molecule has 0 N–H and O–H groups in total. The first-order valence-corrected chi connectivity index (χ1v) is 5.95. The van der Waals surface area contributed by atoms with Gasteiger partial charge in [0.2, 0.25) is 0 Å². The van der Waals surface area contributed by atoms with Crippen LogP contribution in [-0.4, -0.2) is 28.9 Å². The molecule has 1 saturated heterocycles. The Bertz CT molecular complexity index is 538. The molecule has 0 spiro atoms. The van der Waals surface area contributed by atoms with Gasteiger partial charge in [-0.05, 0) is 30.9 Å². The van der Waals surface area contributed by atoms with Crippen LogP contribution >= 0.6 is 0 Å². The van der Waals surface area contributed by atoms with E-state index < -0.39 is 0 Å². The van der Waals surface area contributed by atoms with Gasteiger partial charge in [0.15, 0.2) is 0 Å². The zero-order valence-corrected chi connectivity index (χ0v) is 10.1. The molecule has 18 heavy (non-hydrogen) atoms. The molecule has 0 atom stereocenters. The van der Waals surface area contributed by atoms with Gasteiger partial charge in [-0.25, -0.2) is 4.98 Å². The topological polar surface area (TPSA) is 59.5 Å². The molecular formula is C13H14N2O3. The fraction of sp³-hybridized carbons (Fsp3) is 0.385. The highest BCUT2D eigenvalue weighted by Crippen LogP contribution is 2.22. The molecule has 3 rings (SSSR count). The van der Waals surface area contributed by atoms with Gasteiger partial charge in [-0.1, -0.05) is 0 Å². The molecule has 2 aromatic heterocycles. The van der Waals surface area contributed by atoms with Crippen LogP contribution in [0.2, 0.25) is 0 Å². The summed E-state index contributed by atoms with van der Waals surface area (Å²) < 4.78 is 10.3. The second-order valence-electron chi connectivity index (χ2n) is 4.69. The standard InChI is InChI=1S/C13H14N2O3/c1-9-5-14-12(18-9)13(16)15-6-11(7-15)4-10-2-3-17-8-10/h2-3,5,8,11H,4,6-7H2,1H3. The number of amides is 1. The van der Waals surface area contributed by atoms with Gasteiger partial charge in [0.05, 0.1) is 18.7 Å². The molecule has 94 valence electrons. The first kappa shape index (κ1) is 11.1. The number of hydrogen-bond acceptors (Lipinski definition) is 4. The lowest BCUT2D eigenvalue weighted by Gasteiger charge is -2.38. The molecule has 1 amide bonds. The molecular weight excluding hydrogens is 232 g/mol. The zero-order valence-electron chi connectivity index (χ0n) is 10.1. The Morgan fingerprint density at radius 3 is 3.00 bits per heavy atom. The van der Waals surface area contributed by atoms with Crippen LogP contribution in [0.3, 0.4) is 0 Å². The number of carbonyl (C=O) groups is 1. The van der Waals surface area contributed by atoms with Crippen LogP contribution in [0.25, 0.3) is 0 Å². The highest BCUT2D eigenvalue weighted by atomic mass is 16.4. The van der Waals surface area contributed by atoms with E-state index in [0.29, 0.717) is 11.7 Å². The minimum atomic E-state index is -0.119. The van der Waals surface area contributed by atoms with Gasteiger partial charge in [0.1, 0.15) is 5.76 Å². The Balaban J connectivity index is 1.54. The van der Waals surface area contributed by atoms with Gasteiger partial charge >= 0.3 is 5.91 Å². The van der Waals surface area contributed by atoms with Crippen molar-refractivity contribution in [2.75, 3.05) is 13.1 Å². The van der Waals surface area contributed by atoms with Gasteiger partial charge in [0, 0.05) is 13.1 Å². The van der Waals surface area contributed by atoms with Crippen molar-refractivity contribution < 1.29 is 13.6 Å². The molecule has 0 saturated carbocycles. The van der Waals surface area contributed by atoms with Crippen molar-refractivity contribution in [3.8, 4) is 0 Å². The SMILES string of the molecule is Cc1cnc(C(=O)N2CC(Cc3ccoc3)C2)o1. The number of hydrogen-bond donors (Lipinski definition) is 0. The summed E-state index contributed by atoms with van der Waals surface area (Å²) in [5.74, 6) is 1.23. The lowest BCUT2D eigenvalue weighted by Crippen LogP contribution is -2.50. The van der Waals surface area contributed by atoms with E-state index in [0.717, 1.165) is 19.5 Å². The molecule has 0 aliphatic carbocycles. The molecule has 1 aliphatic heterocycles. The third kappa shape index (κ3) is 2.03. The van der Waals surface area contributed by atoms with E-state index >= 15 is 0 Å². The first-order valence-electron chi connectivity index (χ1n) is 5.95. The first-order chi connectivity index (χ1) is 8.72. The number of nitrogens with zero attached hydrogens (tertiary/aromatic N) is 2. The van der Waals surface area contributed by atoms with E-state index in [1.165, 1.54) is 5.56 Å². The molecule has 0 radical (unpaired) electrons. The minimum absolute atomic E-state index is 0.119. The van der Waals surface area contributed by atoms with Crippen LogP contribution in [-0.2, 0) is 6.42 Å². The Kier molecular flexibility index (Phi) is 2.66. The average molecular weight is 246 g/mol. The Morgan fingerprint density at radius 1 is 1.56 bits per heavy atom. The van der Waals surface area contributed by atoms with Crippen molar-refractivity contribution in [2.24, 2.45) is 5.92 Å². The maximum absolute atomic E-state index is 11.9. The third-order valence-corrected chi connectivity index (χ3v) is 3.15. The van der Waals surface area contributed by atoms with Crippen LogP contribution in [0.1, 0.15) is 22.0 Å². The molecule has 2 aromatic rings. The molecule has 0 aromatic carbocycles. The summed E-state index contributed by atoms with van der Waals surface area (Å²) in [5.41, 5.74) is 1.18. The van der Waals surface area contributed by atoms with Gasteiger partial charge < -0.3 is 13.7 Å². The molecule has 0 bridgehead atoms. The second kappa shape index (κ2) is 4.33. The van der Waals surface area contributed by atoms with E-state index in [9.17, 15) is 4.79 Å². The lowest BCUT2D eigenvalue weighted by atomic mass is 9.93. The number of likely N-dealkylation sites (tertiary alicyclic amines) is 1. The van der Waals surface area contributed by atoms with Crippen LogP contribution in [0.4, 0.5) is 0 Å². The highest BCUT2D eigenvalue weighted by molar-refractivity contribution is 5.90. The number of aromatic nitrogens is 1.